The van der Waals surface area contributed by atoms with Gasteiger partial charge in [-0.2, -0.15) is 18.7 Å². The monoisotopic (exact) mass is 256 g/mol. The molecule has 0 radical (unpaired) electrons. The average Bonchev–Trinajstić information content (AvgIpc) is 2.28. The summed E-state index contributed by atoms with van der Waals surface area (Å²) in [5.74, 6) is -2.27. The fourth-order valence-electron chi connectivity index (χ4n) is 1.19. The van der Waals surface area contributed by atoms with Gasteiger partial charge >= 0.3 is 0 Å². The van der Waals surface area contributed by atoms with Crippen molar-refractivity contribution in [3.8, 4) is 0 Å². The molecule has 2 rings (SSSR count). The lowest BCUT2D eigenvalue weighted by Crippen LogP contribution is -2.08. The van der Waals surface area contributed by atoms with E-state index in [0.717, 1.165) is 4.42 Å². The van der Waals surface area contributed by atoms with Crippen molar-refractivity contribution in [2.24, 2.45) is 0 Å². The van der Waals surface area contributed by atoms with E-state index in [2.05, 4.69) is 9.97 Å². The van der Waals surface area contributed by atoms with E-state index in [1.165, 1.54) is 0 Å². The van der Waals surface area contributed by atoms with Crippen LogP contribution in [0, 0.1) is 11.9 Å². The zero-order valence-corrected chi connectivity index (χ0v) is 9.20. The molecule has 7 heteroatoms. The zero-order chi connectivity index (χ0) is 12.4. The van der Waals surface area contributed by atoms with Gasteiger partial charge in [-0.25, -0.2) is 4.42 Å². The van der Waals surface area contributed by atoms with Crippen LogP contribution >= 0.6 is 11.8 Å². The molecule has 0 fully saturated rings. The van der Waals surface area contributed by atoms with Crippen LogP contribution in [-0.4, -0.2) is 9.97 Å². The van der Waals surface area contributed by atoms with E-state index in [1.54, 1.807) is 24.3 Å². The van der Waals surface area contributed by atoms with Crippen LogP contribution in [0.15, 0.2) is 30.3 Å². The van der Waals surface area contributed by atoms with Crippen LogP contribution in [-0.2, 0) is 0 Å². The Morgan fingerprint density at radius 1 is 1.06 bits per heavy atom. The van der Waals surface area contributed by atoms with Crippen molar-refractivity contribution in [2.75, 3.05) is 10.2 Å². The van der Waals surface area contributed by atoms with E-state index in [4.69, 9.17) is 17.5 Å². The summed E-state index contributed by atoms with van der Waals surface area (Å²) in [5, 5.41) is 0. The Labute approximate surface area is 101 Å². The van der Waals surface area contributed by atoms with E-state index in [1.807, 2.05) is 0 Å². The van der Waals surface area contributed by atoms with E-state index < -0.39 is 11.9 Å². The van der Waals surface area contributed by atoms with Crippen molar-refractivity contribution in [1.29, 1.82) is 0 Å². The molecule has 0 bridgehead atoms. The maximum atomic E-state index is 12.9. The largest absolute Gasteiger partial charge is 0.399 e. The summed E-state index contributed by atoms with van der Waals surface area (Å²) in [6, 6.07) is 6.92. The predicted octanol–water partition coefficient (Wildman–Crippen LogP) is 2.63. The maximum absolute atomic E-state index is 12.9. The highest BCUT2D eigenvalue weighted by Gasteiger charge is 2.12. The molecule has 4 nitrogen and oxygen atoms in total. The summed E-state index contributed by atoms with van der Waals surface area (Å²) in [6.07, 6.45) is 0. The topological polar surface area (TPSA) is 55.0 Å². The molecule has 0 saturated carbocycles. The normalized spacial score (nSPS) is 10.3. The molecule has 1 heterocycles. The molecule has 0 aliphatic carbocycles. The summed E-state index contributed by atoms with van der Waals surface area (Å²) in [5.41, 5.74) is 6.50. The van der Waals surface area contributed by atoms with Crippen molar-refractivity contribution in [3.05, 3.63) is 42.2 Å². The second-order valence-corrected chi connectivity index (χ2v) is 3.52. The van der Waals surface area contributed by atoms with Gasteiger partial charge in [0.05, 0.1) is 5.69 Å². The molecule has 17 heavy (non-hydrogen) atoms. The maximum Gasteiger partial charge on any atom is 0.250 e. The molecule has 0 saturated heterocycles. The van der Waals surface area contributed by atoms with Crippen LogP contribution in [0.4, 0.5) is 26.1 Å². The van der Waals surface area contributed by atoms with Crippen molar-refractivity contribution >= 4 is 29.1 Å². The number of aromatic nitrogens is 2. The predicted molar refractivity (Wildman–Crippen MR) is 60.8 cm³/mol. The number of nitrogens with zero attached hydrogens (tertiary/aromatic N) is 3. The lowest BCUT2D eigenvalue weighted by molar-refractivity contribution is 0.527. The van der Waals surface area contributed by atoms with Gasteiger partial charge in [-0.05, 0) is 24.3 Å². The fourth-order valence-corrected chi connectivity index (χ4v) is 1.38. The summed E-state index contributed by atoms with van der Waals surface area (Å²) in [7, 11) is 0. The highest BCUT2D eigenvalue weighted by atomic mass is 35.5. The first-order chi connectivity index (χ1) is 8.06. The Bertz CT molecular complexity index is 512. The SMILES string of the molecule is Nc1ccc(N(Cl)c2nc(F)cc(F)n2)cc1. The number of benzene rings is 1. The Hall–Kier alpha value is -1.95. The first-order valence-corrected chi connectivity index (χ1v) is 4.91. The number of hydrogen-bond acceptors (Lipinski definition) is 4. The summed E-state index contributed by atoms with van der Waals surface area (Å²) in [6.45, 7) is 0. The van der Waals surface area contributed by atoms with Gasteiger partial charge < -0.3 is 5.73 Å². The number of halogens is 3. The van der Waals surface area contributed by atoms with E-state index in [0.29, 0.717) is 17.4 Å². The minimum Gasteiger partial charge on any atom is -0.399 e. The quantitative estimate of drug-likeness (QED) is 0.510. The summed E-state index contributed by atoms with van der Waals surface area (Å²) in [4.78, 5) is 6.76. The van der Waals surface area contributed by atoms with Gasteiger partial charge in [0.2, 0.25) is 17.8 Å². The molecular weight excluding hydrogens is 250 g/mol. The highest BCUT2D eigenvalue weighted by molar-refractivity contribution is 6.28. The third-order valence-corrected chi connectivity index (χ3v) is 2.29. The minimum atomic E-state index is -0.992. The van der Waals surface area contributed by atoms with Crippen LogP contribution in [0.25, 0.3) is 0 Å². The molecule has 0 amide bonds. The zero-order valence-electron chi connectivity index (χ0n) is 8.44. The van der Waals surface area contributed by atoms with Crippen LogP contribution in [0.1, 0.15) is 0 Å². The van der Waals surface area contributed by atoms with Crippen LogP contribution in [0.3, 0.4) is 0 Å². The molecule has 1 aromatic carbocycles. The van der Waals surface area contributed by atoms with Gasteiger partial charge in [0.1, 0.15) is 0 Å². The molecule has 2 N–H and O–H groups in total. The average molecular weight is 257 g/mol. The van der Waals surface area contributed by atoms with Gasteiger partial charge in [-0.15, -0.1) is 0 Å². The van der Waals surface area contributed by atoms with Gasteiger partial charge in [0.15, 0.2) is 0 Å². The lowest BCUT2D eigenvalue weighted by Gasteiger charge is -2.13. The Morgan fingerprint density at radius 2 is 1.59 bits per heavy atom. The van der Waals surface area contributed by atoms with Crippen LogP contribution in [0.2, 0.25) is 0 Å². The first kappa shape index (κ1) is 11.5. The Kier molecular flexibility index (Phi) is 3.06. The molecular formula is C10H7ClF2N4. The number of nitrogen functional groups attached to an aromatic ring is 1. The van der Waals surface area contributed by atoms with Crippen molar-refractivity contribution in [1.82, 2.24) is 9.97 Å². The third-order valence-electron chi connectivity index (χ3n) is 1.95. The molecule has 88 valence electrons. The van der Waals surface area contributed by atoms with Gasteiger partial charge in [0.25, 0.3) is 0 Å². The minimum absolute atomic E-state index is 0.283. The van der Waals surface area contributed by atoms with E-state index >= 15 is 0 Å². The molecule has 0 atom stereocenters. The smallest absolute Gasteiger partial charge is 0.250 e. The highest BCUT2D eigenvalue weighted by Crippen LogP contribution is 2.25. The number of anilines is 3. The second-order valence-electron chi connectivity index (χ2n) is 3.19. The Balaban J connectivity index is 2.36. The third kappa shape index (κ3) is 2.59. The molecule has 2 aromatic rings. The van der Waals surface area contributed by atoms with Crippen molar-refractivity contribution in [3.63, 3.8) is 0 Å². The first-order valence-electron chi connectivity index (χ1n) is 4.58. The number of rotatable bonds is 2. The number of hydrogen-bond donors (Lipinski definition) is 1. The summed E-state index contributed by atoms with van der Waals surface area (Å²) >= 11 is 5.86. The van der Waals surface area contributed by atoms with Crippen molar-refractivity contribution < 1.29 is 8.78 Å². The van der Waals surface area contributed by atoms with Gasteiger partial charge in [-0.3, -0.25) is 0 Å². The Morgan fingerprint density at radius 3 is 2.12 bits per heavy atom. The molecule has 0 aliphatic rings. The lowest BCUT2D eigenvalue weighted by atomic mass is 10.3. The molecule has 0 spiro atoms. The van der Waals surface area contributed by atoms with Gasteiger partial charge in [-0.1, -0.05) is 0 Å². The molecule has 0 aliphatic heterocycles. The van der Waals surface area contributed by atoms with Crippen LogP contribution < -0.4 is 10.2 Å². The second kappa shape index (κ2) is 4.50. The fraction of sp³-hybridized carbons (Fsp3) is 0. The molecule has 0 unspecified atom stereocenters. The van der Waals surface area contributed by atoms with Crippen molar-refractivity contribution in [2.45, 2.75) is 0 Å². The molecule has 1 aromatic heterocycles. The number of nitrogens with two attached hydrogens (primary N) is 1. The van der Waals surface area contributed by atoms with E-state index in [-0.39, 0.29) is 5.95 Å². The standard InChI is InChI=1S/C10H7ClF2N4/c11-17(7-3-1-6(14)2-4-7)10-15-8(12)5-9(13)16-10/h1-5H,14H2. The van der Waals surface area contributed by atoms with E-state index in [9.17, 15) is 8.78 Å². The van der Waals surface area contributed by atoms with Crippen LogP contribution in [0.5, 0.6) is 0 Å². The van der Waals surface area contributed by atoms with Gasteiger partial charge in [0, 0.05) is 23.5 Å². The summed E-state index contributed by atoms with van der Waals surface area (Å²) < 4.78 is 26.7.